The molecule has 0 aliphatic carbocycles. The largest absolute Gasteiger partial charge is 0.455 e. The van der Waals surface area contributed by atoms with Crippen LogP contribution in [-0.2, 0) is 28.2 Å². The van der Waals surface area contributed by atoms with Crippen molar-refractivity contribution in [3.05, 3.63) is 311 Å². The van der Waals surface area contributed by atoms with Crippen LogP contribution in [0.15, 0.2) is 273 Å². The standard InChI is InChI=1S/2C26H22NO.C23H24NO.C21H20NO/c1-17-7-6-8-19(15-17)20-13-14-27(3)23(16-20)25-18(2)11-12-22-21-9-4-5-10-24(21)28-26(22)25;1-17-8-11-19(12-9-17)20-14-15-27(3)23(16-20)25-18(2)10-13-22-21-6-4-5-7-24(21)28-26(22)25;1-14(2)19-13-24(5)20(12-16(19)4)22-15(3)10-11-18-17-8-6-7-9-21(17)25-23(18)22;1-13-9-10-17-16-7-5-6-8-19(16)23-21(17)20(13)18-11-14(2)15(3)12-22(18)4/h2*4-16H,1-3H3;6-14H,1-5H3;5-12H,1-4H3/q4*+1/i;;1D3,14D;3D3. The number of rotatable bonds is 7. The van der Waals surface area contributed by atoms with Crippen molar-refractivity contribution in [3.63, 3.8) is 0 Å². The molecule has 0 aliphatic rings. The summed E-state index contributed by atoms with van der Waals surface area (Å²) in [6.45, 7) is 13.3. The van der Waals surface area contributed by atoms with E-state index in [2.05, 4.69) is 228 Å². The number of hydrogen-bond donors (Lipinski definition) is 0. The van der Waals surface area contributed by atoms with Crippen molar-refractivity contribution >= 4 is 87.8 Å². The maximum atomic E-state index is 8.48. The lowest BCUT2D eigenvalue weighted by Gasteiger charge is -2.11. The molecule has 0 radical (unpaired) electrons. The maximum absolute atomic E-state index is 8.48. The van der Waals surface area contributed by atoms with E-state index >= 15 is 0 Å². The first-order valence-electron chi connectivity index (χ1n) is 38.8. The van der Waals surface area contributed by atoms with Gasteiger partial charge in [0, 0.05) is 100 Å². The van der Waals surface area contributed by atoms with E-state index in [4.69, 9.17) is 27.3 Å². The van der Waals surface area contributed by atoms with E-state index in [0.29, 0.717) is 11.1 Å². The third-order valence-corrected chi connectivity index (χ3v) is 20.4. The Labute approximate surface area is 618 Å². The van der Waals surface area contributed by atoms with Crippen molar-refractivity contribution in [1.29, 1.82) is 0 Å². The van der Waals surface area contributed by atoms with Gasteiger partial charge >= 0.3 is 0 Å². The highest BCUT2D eigenvalue weighted by molar-refractivity contribution is 6.13. The van der Waals surface area contributed by atoms with Crippen LogP contribution >= 0.6 is 0 Å². The Morgan fingerprint density at radius 1 is 0.298 bits per heavy atom. The Bertz CT molecular complexity index is 6690. The van der Waals surface area contributed by atoms with Crippen LogP contribution in [-0.4, -0.2) is 0 Å². The highest BCUT2D eigenvalue weighted by Gasteiger charge is 2.27. The van der Waals surface area contributed by atoms with Gasteiger partial charge in [0.2, 0.25) is 22.8 Å². The molecule has 18 aromatic rings. The molecule has 0 N–H and O–H groups in total. The first-order chi connectivity index (χ1) is 53.0. The van der Waals surface area contributed by atoms with Gasteiger partial charge in [-0.1, -0.05) is 195 Å². The summed E-state index contributed by atoms with van der Waals surface area (Å²) < 4.78 is 88.2. The summed E-state index contributed by atoms with van der Waals surface area (Å²) in [5, 5.41) is 8.93. The number of hydrogen-bond acceptors (Lipinski definition) is 4. The van der Waals surface area contributed by atoms with Crippen LogP contribution in [0.2, 0.25) is 0 Å². The van der Waals surface area contributed by atoms with E-state index in [9.17, 15) is 0 Å². The van der Waals surface area contributed by atoms with E-state index in [1.54, 1.807) is 12.4 Å². The lowest BCUT2D eigenvalue weighted by atomic mass is 9.95. The van der Waals surface area contributed by atoms with Crippen LogP contribution in [0.5, 0.6) is 0 Å². The summed E-state index contributed by atoms with van der Waals surface area (Å²) in [5.41, 5.74) is 30.0. The second-order valence-electron chi connectivity index (χ2n) is 27.8. The average Bonchev–Trinajstić information content (AvgIpc) is 1.59. The van der Waals surface area contributed by atoms with Gasteiger partial charge in [0.05, 0.1) is 22.3 Å². The molecule has 18 rings (SSSR count). The molecule has 1 unspecified atom stereocenters. The zero-order valence-corrected chi connectivity index (χ0v) is 61.2. The first kappa shape index (κ1) is 59.7. The van der Waals surface area contributed by atoms with E-state index in [0.717, 1.165) is 155 Å². The van der Waals surface area contributed by atoms with Crippen molar-refractivity contribution in [2.75, 3.05) is 0 Å². The van der Waals surface area contributed by atoms with Crippen LogP contribution < -0.4 is 18.3 Å². The van der Waals surface area contributed by atoms with E-state index in [-0.39, 0.29) is 0 Å². The monoisotopic (exact) mass is 1370 g/mol. The van der Waals surface area contributed by atoms with Crippen molar-refractivity contribution in [1.82, 2.24) is 0 Å². The Balaban J connectivity index is 0.000000117. The molecule has 8 heterocycles. The number of pyridine rings is 4. The number of aryl methyl sites for hydroxylation is 13. The van der Waals surface area contributed by atoms with Gasteiger partial charge in [0.25, 0.3) is 0 Å². The minimum absolute atomic E-state index is 0.373. The molecule has 8 nitrogen and oxygen atoms in total. The van der Waals surface area contributed by atoms with Crippen molar-refractivity contribution < 1.29 is 45.5 Å². The number of aromatic nitrogens is 4. The molecular formula is C96H88N4O4+4. The molecule has 0 fully saturated rings. The zero-order chi connectivity index (χ0) is 78.3. The summed E-state index contributed by atoms with van der Waals surface area (Å²) >= 11 is 0. The average molecular weight is 1370 g/mol. The molecule has 104 heavy (non-hydrogen) atoms. The van der Waals surface area contributed by atoms with Gasteiger partial charge in [-0.05, 0) is 148 Å². The van der Waals surface area contributed by atoms with Gasteiger partial charge in [0.15, 0.2) is 24.8 Å². The third kappa shape index (κ3) is 12.6. The fraction of sp³-hybridized carbons (Fsp3) is 0.167. The molecule has 0 bridgehead atoms. The molecule has 512 valence electrons. The number of furan rings is 4. The summed E-state index contributed by atoms with van der Waals surface area (Å²) in [4.78, 5) is 0. The van der Waals surface area contributed by atoms with E-state index < -0.39 is 19.6 Å². The summed E-state index contributed by atoms with van der Waals surface area (Å²) in [6, 6.07) is 79.7. The Morgan fingerprint density at radius 2 is 0.663 bits per heavy atom. The van der Waals surface area contributed by atoms with Gasteiger partial charge < -0.3 is 17.7 Å². The number of fused-ring (bicyclic) bond motifs is 12. The fourth-order valence-corrected chi connectivity index (χ4v) is 14.8. The molecule has 0 amide bonds. The van der Waals surface area contributed by atoms with Crippen molar-refractivity contribution in [2.45, 2.75) is 81.9 Å². The smallest absolute Gasteiger partial charge is 0.216 e. The predicted octanol–water partition coefficient (Wildman–Crippen LogP) is 23.5. The van der Waals surface area contributed by atoms with E-state index in [1.807, 2.05) is 117 Å². The van der Waals surface area contributed by atoms with E-state index in [1.165, 1.54) is 51.4 Å². The van der Waals surface area contributed by atoms with Crippen molar-refractivity contribution in [2.24, 2.45) is 28.2 Å². The fourth-order valence-electron chi connectivity index (χ4n) is 14.8. The van der Waals surface area contributed by atoms with Gasteiger partial charge in [-0.2, -0.15) is 0 Å². The SMILES string of the molecule is Cc1ccc(-c2cc[n+](C)c(-c3c(C)ccc4c3oc3ccccc34)c2)cc1.Cc1cccc(-c2cc[n+](C)c(-c3c(C)ccc4c3oc3ccccc34)c2)c1.[2H]C([2H])([2H])C([2H])(C)c1c[n+](C)c(-c2c(C)ccc3c2oc2ccccc23)cc1C.[2H]C([2H])([2H])c1c[n+](C)c(-c2c(C)ccc3c2oc2ccccc23)cc1C. The Morgan fingerprint density at radius 3 is 1.06 bits per heavy atom. The van der Waals surface area contributed by atoms with Crippen LogP contribution in [0.25, 0.3) is 155 Å². The molecule has 0 saturated heterocycles. The third-order valence-electron chi connectivity index (χ3n) is 20.4. The minimum Gasteiger partial charge on any atom is -0.455 e. The number of benzene rings is 10. The molecule has 1 atom stereocenters. The zero-order valence-electron chi connectivity index (χ0n) is 68.2. The topological polar surface area (TPSA) is 68.1 Å². The molecule has 8 heteroatoms. The number of nitrogens with zero attached hydrogens (tertiary/aromatic N) is 4. The lowest BCUT2D eigenvalue weighted by molar-refractivity contribution is -0.661. The predicted molar refractivity (Wildman–Crippen MR) is 429 cm³/mol. The molecule has 0 aliphatic heterocycles. The van der Waals surface area contributed by atoms with Crippen LogP contribution in [0.4, 0.5) is 0 Å². The molecule has 0 spiro atoms. The molecule has 8 aromatic heterocycles. The summed E-state index contributed by atoms with van der Waals surface area (Å²) in [6.07, 6.45) is 7.74. The van der Waals surface area contributed by atoms with Gasteiger partial charge in [0.1, 0.15) is 72.9 Å². The highest BCUT2D eigenvalue weighted by Crippen LogP contribution is 2.43. The quantitative estimate of drug-likeness (QED) is 0.149. The first-order valence-corrected chi connectivity index (χ1v) is 35.3. The maximum Gasteiger partial charge on any atom is 0.216 e. The minimum atomic E-state index is -2.42. The second-order valence-corrected chi connectivity index (χ2v) is 27.8. The lowest BCUT2D eigenvalue weighted by Crippen LogP contribution is -2.32. The van der Waals surface area contributed by atoms with Gasteiger partial charge in [-0.25, -0.2) is 18.3 Å². The van der Waals surface area contributed by atoms with Crippen LogP contribution in [0.3, 0.4) is 0 Å². The van der Waals surface area contributed by atoms with Gasteiger partial charge in [-0.3, -0.25) is 0 Å². The number of para-hydroxylation sites is 4. The Hall–Kier alpha value is -12.0. The highest BCUT2D eigenvalue weighted by atomic mass is 16.3. The van der Waals surface area contributed by atoms with Crippen LogP contribution in [0.1, 0.15) is 84.9 Å². The molecular weight excluding hydrogens is 1270 g/mol. The second kappa shape index (κ2) is 27.7. The summed E-state index contributed by atoms with van der Waals surface area (Å²) in [7, 11) is 7.95. The van der Waals surface area contributed by atoms with Crippen molar-refractivity contribution in [3.8, 4) is 67.3 Å². The van der Waals surface area contributed by atoms with Crippen LogP contribution in [0, 0.1) is 62.2 Å². The molecule has 10 aromatic carbocycles. The van der Waals surface area contributed by atoms with Gasteiger partial charge in [-0.15, -0.1) is 0 Å². The molecule has 0 saturated carbocycles. The Kier molecular flexibility index (Phi) is 15.9. The summed E-state index contributed by atoms with van der Waals surface area (Å²) in [5.74, 6) is -1.69. The normalized spacial score (nSPS) is 13.3.